The number of nitrogens with one attached hydrogen (secondary N) is 4. The van der Waals surface area contributed by atoms with Crippen LogP contribution in [0.3, 0.4) is 0 Å². The van der Waals surface area contributed by atoms with Gasteiger partial charge in [-0.1, -0.05) is 0 Å². The summed E-state index contributed by atoms with van der Waals surface area (Å²) in [4.78, 5) is 52.7. The zero-order chi connectivity index (χ0) is 20.9. The number of amides is 1. The van der Waals surface area contributed by atoms with Crippen LogP contribution in [0.4, 0.5) is 0 Å². The van der Waals surface area contributed by atoms with Gasteiger partial charge in [-0.2, -0.15) is 0 Å². The van der Waals surface area contributed by atoms with Gasteiger partial charge in [-0.3, -0.25) is 19.5 Å². The fourth-order valence-electron chi connectivity index (χ4n) is 2.00. The minimum atomic E-state index is -5.26. The van der Waals surface area contributed by atoms with Crippen LogP contribution in [0.1, 0.15) is 12.8 Å². The van der Waals surface area contributed by atoms with E-state index in [9.17, 15) is 33.8 Å². The van der Waals surface area contributed by atoms with Crippen LogP contribution in [0.2, 0.25) is 0 Å². The fraction of sp³-hybridized carbons (Fsp3) is 0.769. The molecule has 0 radical (unpaired) electrons. The van der Waals surface area contributed by atoms with Crippen molar-refractivity contribution in [2.24, 2.45) is 0 Å². The monoisotopic (exact) mass is 414 g/mol. The van der Waals surface area contributed by atoms with E-state index in [1.165, 1.54) is 0 Å². The molecule has 0 bridgehead atoms. The van der Waals surface area contributed by atoms with Gasteiger partial charge in [-0.05, 0) is 6.42 Å². The second-order valence-corrected chi connectivity index (χ2v) is 7.41. The highest BCUT2D eigenvalue weighted by Gasteiger charge is 2.55. The third-order valence-electron chi connectivity index (χ3n) is 3.40. The van der Waals surface area contributed by atoms with Gasteiger partial charge in [-0.25, -0.2) is 4.79 Å². The van der Waals surface area contributed by atoms with E-state index >= 15 is 0 Å². The molecule has 158 valence electrons. The van der Waals surface area contributed by atoms with Crippen molar-refractivity contribution in [2.45, 2.75) is 18.1 Å². The number of hydrogen-bond donors (Lipinski definition) is 9. The predicted octanol–water partition coefficient (Wildman–Crippen LogP) is -3.31. The van der Waals surface area contributed by atoms with Gasteiger partial charge in [0.15, 0.2) is 0 Å². The van der Waals surface area contributed by atoms with Crippen molar-refractivity contribution in [2.75, 3.05) is 45.9 Å². The summed E-state index contributed by atoms with van der Waals surface area (Å²) in [5, 5.41) is 33.6. The van der Waals surface area contributed by atoms with Crippen LogP contribution in [0.5, 0.6) is 0 Å². The van der Waals surface area contributed by atoms with E-state index in [0.29, 0.717) is 13.1 Å². The summed E-state index contributed by atoms with van der Waals surface area (Å²) < 4.78 is 11.8. The topological polar surface area (TPSA) is 218 Å². The smallest absolute Gasteiger partial charge is 0.357 e. The molecule has 0 aromatic heterocycles. The molecule has 0 spiro atoms. The van der Waals surface area contributed by atoms with Crippen molar-refractivity contribution in [1.82, 2.24) is 21.3 Å². The molecule has 0 aliphatic heterocycles. The molecule has 0 aromatic carbocycles. The Balaban J connectivity index is 4.65. The summed E-state index contributed by atoms with van der Waals surface area (Å²) >= 11 is 0. The van der Waals surface area contributed by atoms with E-state index in [1.807, 2.05) is 0 Å². The summed E-state index contributed by atoms with van der Waals surface area (Å²) in [5.74, 6) is -3.76. The van der Waals surface area contributed by atoms with E-state index in [0.717, 1.165) is 0 Å². The summed E-state index contributed by atoms with van der Waals surface area (Å²) in [6, 6.07) is 0. The van der Waals surface area contributed by atoms with Crippen LogP contribution in [0, 0.1) is 0 Å². The van der Waals surface area contributed by atoms with E-state index in [-0.39, 0.29) is 39.2 Å². The first-order valence-electron chi connectivity index (χ1n) is 8.11. The molecule has 13 nitrogen and oxygen atoms in total. The first kappa shape index (κ1) is 25.4. The maximum Gasteiger partial charge on any atom is 0.357 e. The number of rotatable bonds is 16. The molecule has 0 saturated heterocycles. The van der Waals surface area contributed by atoms with E-state index in [4.69, 9.17) is 10.2 Å². The van der Waals surface area contributed by atoms with Gasteiger partial charge in [0.1, 0.15) is 0 Å². The van der Waals surface area contributed by atoms with Crippen molar-refractivity contribution in [3.8, 4) is 0 Å². The number of carbonyl (C=O) groups excluding carboxylic acids is 1. The summed E-state index contributed by atoms with van der Waals surface area (Å²) in [6.45, 7) is 0.238. The molecule has 14 heteroatoms. The van der Waals surface area contributed by atoms with E-state index in [1.54, 1.807) is 0 Å². The number of aliphatic hydroxyl groups excluding tert-OH is 1. The molecule has 0 saturated carbocycles. The van der Waals surface area contributed by atoms with Crippen molar-refractivity contribution < 1.29 is 44.1 Å². The largest absolute Gasteiger partial charge is 0.480 e. The molecule has 0 rings (SSSR count). The van der Waals surface area contributed by atoms with Crippen molar-refractivity contribution >= 4 is 25.4 Å². The van der Waals surface area contributed by atoms with Crippen LogP contribution < -0.4 is 21.3 Å². The van der Waals surface area contributed by atoms with Gasteiger partial charge in [0.05, 0.1) is 13.0 Å². The van der Waals surface area contributed by atoms with E-state index in [2.05, 4.69) is 21.3 Å². The average Bonchev–Trinajstić information content (AvgIpc) is 2.54. The number of aliphatic carboxylic acids is 2. The predicted molar refractivity (Wildman–Crippen MR) is 93.1 cm³/mol. The molecule has 0 aromatic rings. The van der Waals surface area contributed by atoms with Crippen LogP contribution >= 0.6 is 7.60 Å². The van der Waals surface area contributed by atoms with Crippen molar-refractivity contribution in [3.05, 3.63) is 0 Å². The van der Waals surface area contributed by atoms with Gasteiger partial charge in [-0.15, -0.1) is 0 Å². The molecule has 1 amide bonds. The Bertz CT molecular complexity index is 542. The maximum atomic E-state index is 11.8. The first-order valence-corrected chi connectivity index (χ1v) is 9.73. The Morgan fingerprint density at radius 3 is 2.04 bits per heavy atom. The van der Waals surface area contributed by atoms with Gasteiger partial charge < -0.3 is 41.1 Å². The third-order valence-corrected chi connectivity index (χ3v) is 4.90. The summed E-state index contributed by atoms with van der Waals surface area (Å²) in [6.07, 6.45) is -0.771. The zero-order valence-electron chi connectivity index (χ0n) is 14.7. The lowest BCUT2D eigenvalue weighted by Gasteiger charge is -2.30. The maximum absolute atomic E-state index is 11.8. The normalized spacial score (nSPS) is 13.7. The third kappa shape index (κ3) is 9.77. The molecule has 0 fully saturated rings. The van der Waals surface area contributed by atoms with Crippen molar-refractivity contribution in [1.29, 1.82) is 0 Å². The molecule has 0 aliphatic rings. The minimum absolute atomic E-state index is 0.0388. The summed E-state index contributed by atoms with van der Waals surface area (Å²) in [7, 11) is -5.26. The number of hydrogen-bond acceptors (Lipinski definition) is 8. The Kier molecular flexibility index (Phi) is 12.0. The van der Waals surface area contributed by atoms with E-state index < -0.39 is 37.1 Å². The molecule has 9 N–H and O–H groups in total. The SMILES string of the molecule is O=C(O)CNCCNCCNC(CC(=O)NCCCO)(C(=O)O)P(=O)(O)O. The molecule has 0 heterocycles. The Labute approximate surface area is 155 Å². The van der Waals surface area contributed by atoms with Crippen molar-refractivity contribution in [3.63, 3.8) is 0 Å². The fourth-order valence-corrected chi connectivity index (χ4v) is 2.92. The zero-order valence-corrected chi connectivity index (χ0v) is 15.6. The minimum Gasteiger partial charge on any atom is -0.480 e. The highest BCUT2D eigenvalue weighted by molar-refractivity contribution is 7.54. The van der Waals surface area contributed by atoms with Crippen LogP contribution in [-0.2, 0) is 18.9 Å². The molecular formula is C13H27N4O9P. The Morgan fingerprint density at radius 2 is 1.52 bits per heavy atom. The van der Waals surface area contributed by atoms with Crippen LogP contribution in [0.15, 0.2) is 0 Å². The first-order chi connectivity index (χ1) is 12.6. The van der Waals surface area contributed by atoms with Gasteiger partial charge in [0.25, 0.3) is 0 Å². The number of carbonyl (C=O) groups is 3. The second-order valence-electron chi connectivity index (χ2n) is 5.56. The number of carboxylic acids is 2. The average molecular weight is 414 g/mol. The second kappa shape index (κ2) is 12.7. The highest BCUT2D eigenvalue weighted by atomic mass is 31.2. The molecule has 0 aliphatic carbocycles. The van der Waals surface area contributed by atoms with Gasteiger partial charge >= 0.3 is 19.5 Å². The molecule has 1 atom stereocenters. The quantitative estimate of drug-likeness (QED) is 0.0895. The van der Waals surface area contributed by atoms with Gasteiger partial charge in [0, 0.05) is 39.3 Å². The lowest BCUT2D eigenvalue weighted by Crippen LogP contribution is -2.55. The highest BCUT2D eigenvalue weighted by Crippen LogP contribution is 2.50. The standard InChI is InChI=1S/C13H27N4O9P/c18-7-1-2-16-10(19)8-13(12(22)23,27(24,25)26)17-6-5-14-3-4-15-9-11(20)21/h14-15,17-18H,1-9H2,(H,16,19)(H,20,21)(H,22,23)(H2,24,25,26). The molecular weight excluding hydrogens is 387 g/mol. The van der Waals surface area contributed by atoms with Crippen LogP contribution in [-0.4, -0.2) is 94.1 Å². The molecule has 1 unspecified atom stereocenters. The summed E-state index contributed by atoms with van der Waals surface area (Å²) in [5.41, 5.74) is 0. The Morgan fingerprint density at radius 1 is 0.926 bits per heavy atom. The number of carboxylic acid groups (broad SMARTS) is 2. The Hall–Kier alpha value is -1.60. The van der Waals surface area contributed by atoms with Gasteiger partial charge in [0.2, 0.25) is 11.2 Å². The van der Waals surface area contributed by atoms with Crippen LogP contribution in [0.25, 0.3) is 0 Å². The lowest BCUT2D eigenvalue weighted by atomic mass is 10.2. The molecule has 27 heavy (non-hydrogen) atoms. The number of aliphatic hydroxyl groups is 1. The lowest BCUT2D eigenvalue weighted by molar-refractivity contribution is -0.144.